The zero-order valence-electron chi connectivity index (χ0n) is 19.6. The van der Waals surface area contributed by atoms with E-state index >= 15 is 0 Å². The number of ether oxygens (including phenoxy) is 1. The number of carbonyl (C=O) groups is 1. The molecule has 2 unspecified atom stereocenters. The summed E-state index contributed by atoms with van der Waals surface area (Å²) in [6.45, 7) is 8.62. The fraction of sp³-hybridized carbons (Fsp3) is 0.423. The smallest absolute Gasteiger partial charge is 0.241 e. The van der Waals surface area contributed by atoms with Gasteiger partial charge in [-0.05, 0) is 51.8 Å². The molecule has 1 aliphatic heterocycles. The molecule has 1 N–H and O–H groups in total. The minimum absolute atomic E-state index is 0.0563. The number of aryl methyl sites for hydroxylation is 2. The molecule has 174 valence electrons. The molecule has 0 bridgehead atoms. The Kier molecular flexibility index (Phi) is 7.40. The molecular weight excluding hydrogens is 416 g/mol. The monoisotopic (exact) mass is 448 g/mol. The van der Waals surface area contributed by atoms with Gasteiger partial charge in [0.15, 0.2) is 0 Å². The van der Waals surface area contributed by atoms with E-state index in [9.17, 15) is 4.79 Å². The maximum atomic E-state index is 12.9. The number of para-hydroxylation sites is 1. The van der Waals surface area contributed by atoms with Gasteiger partial charge in [-0.25, -0.2) is 0 Å². The third-order valence-corrected chi connectivity index (χ3v) is 5.98. The van der Waals surface area contributed by atoms with Crippen molar-refractivity contribution in [3.8, 4) is 17.1 Å². The summed E-state index contributed by atoms with van der Waals surface area (Å²) in [4.78, 5) is 19.6. The largest absolute Gasteiger partial charge is 0.491 e. The van der Waals surface area contributed by atoms with Gasteiger partial charge >= 0.3 is 0 Å². The van der Waals surface area contributed by atoms with Gasteiger partial charge in [0.25, 0.3) is 0 Å². The van der Waals surface area contributed by atoms with E-state index in [1.165, 1.54) is 5.56 Å². The van der Waals surface area contributed by atoms with E-state index in [4.69, 9.17) is 9.26 Å². The molecule has 4 rings (SSSR count). The van der Waals surface area contributed by atoms with Crippen LogP contribution in [0.3, 0.4) is 0 Å². The Labute approximate surface area is 195 Å². The predicted octanol–water partition coefficient (Wildman–Crippen LogP) is 4.15. The van der Waals surface area contributed by atoms with Crippen molar-refractivity contribution >= 4 is 5.91 Å². The molecule has 33 heavy (non-hydrogen) atoms. The van der Waals surface area contributed by atoms with Gasteiger partial charge in [0.1, 0.15) is 12.4 Å². The van der Waals surface area contributed by atoms with Gasteiger partial charge in [0.05, 0.1) is 18.5 Å². The lowest BCUT2D eigenvalue weighted by Gasteiger charge is -2.31. The van der Waals surface area contributed by atoms with Gasteiger partial charge in [-0.2, -0.15) is 4.98 Å². The second kappa shape index (κ2) is 10.6. The summed E-state index contributed by atoms with van der Waals surface area (Å²) in [5, 5.41) is 7.23. The summed E-state index contributed by atoms with van der Waals surface area (Å²) in [7, 11) is 0. The minimum Gasteiger partial charge on any atom is -0.491 e. The molecule has 0 spiro atoms. The molecule has 1 saturated heterocycles. The number of piperidine rings is 1. The molecule has 1 amide bonds. The number of hydrogen-bond acceptors (Lipinski definition) is 6. The highest BCUT2D eigenvalue weighted by Crippen LogP contribution is 2.21. The molecule has 7 nitrogen and oxygen atoms in total. The summed E-state index contributed by atoms with van der Waals surface area (Å²) in [5.41, 5.74) is 3.22. The van der Waals surface area contributed by atoms with E-state index in [0.29, 0.717) is 31.4 Å². The van der Waals surface area contributed by atoms with Crippen molar-refractivity contribution in [1.82, 2.24) is 20.4 Å². The molecule has 1 aliphatic rings. The molecule has 2 heterocycles. The highest BCUT2D eigenvalue weighted by atomic mass is 16.5. The molecule has 0 aliphatic carbocycles. The van der Waals surface area contributed by atoms with Crippen LogP contribution in [0.5, 0.6) is 5.75 Å². The van der Waals surface area contributed by atoms with E-state index < -0.39 is 0 Å². The maximum Gasteiger partial charge on any atom is 0.241 e. The molecule has 2 atom stereocenters. The van der Waals surface area contributed by atoms with Crippen molar-refractivity contribution in [1.29, 1.82) is 0 Å². The molecule has 1 aromatic heterocycles. The number of hydrogen-bond donors (Lipinski definition) is 1. The fourth-order valence-electron chi connectivity index (χ4n) is 4.08. The van der Waals surface area contributed by atoms with Crippen LogP contribution in [0, 0.1) is 19.8 Å². The predicted molar refractivity (Wildman–Crippen MR) is 127 cm³/mol. The number of likely N-dealkylation sites (tertiary alicyclic amines) is 1. The fourth-order valence-corrected chi connectivity index (χ4v) is 4.08. The summed E-state index contributed by atoms with van der Waals surface area (Å²) >= 11 is 0. The van der Waals surface area contributed by atoms with Crippen LogP contribution in [0.15, 0.2) is 53.1 Å². The third kappa shape index (κ3) is 6.20. The van der Waals surface area contributed by atoms with Gasteiger partial charge in [-0.15, -0.1) is 0 Å². The van der Waals surface area contributed by atoms with Gasteiger partial charge in [0.2, 0.25) is 17.6 Å². The number of amides is 1. The van der Waals surface area contributed by atoms with Crippen LogP contribution in [-0.4, -0.2) is 46.7 Å². The van der Waals surface area contributed by atoms with Gasteiger partial charge < -0.3 is 14.6 Å². The first-order chi connectivity index (χ1) is 16.0. The normalized spacial score (nSPS) is 17.5. The lowest BCUT2D eigenvalue weighted by atomic mass is 9.97. The Morgan fingerprint density at radius 3 is 2.79 bits per heavy atom. The zero-order valence-corrected chi connectivity index (χ0v) is 19.6. The number of nitrogens with one attached hydrogen (secondary N) is 1. The van der Waals surface area contributed by atoms with Crippen molar-refractivity contribution in [2.45, 2.75) is 46.2 Å². The Hall–Kier alpha value is -3.19. The third-order valence-electron chi connectivity index (χ3n) is 5.98. The Bertz CT molecular complexity index is 1060. The first-order valence-electron chi connectivity index (χ1n) is 11.6. The maximum absolute atomic E-state index is 12.9. The standard InChI is InChI=1S/C26H32N4O3/c1-18-10-12-21(13-11-18)25-28-24(33-29-25)16-30-14-6-8-22(15-30)26(31)27-20(3)17-32-23-9-5-4-7-19(23)2/h4-5,7,9-13,20,22H,6,8,14-17H2,1-3H3,(H,27,31). The Morgan fingerprint density at radius 1 is 1.21 bits per heavy atom. The molecule has 7 heteroatoms. The molecule has 0 saturated carbocycles. The summed E-state index contributed by atoms with van der Waals surface area (Å²) in [5.74, 6) is 2.04. The molecule has 2 aromatic carbocycles. The molecular formula is C26H32N4O3. The minimum atomic E-state index is -0.0690. The Balaban J connectivity index is 1.27. The van der Waals surface area contributed by atoms with E-state index in [2.05, 4.69) is 20.4 Å². The number of aromatic nitrogens is 2. The SMILES string of the molecule is Cc1ccc(-c2noc(CN3CCCC(C(=O)NC(C)COc4ccccc4C)C3)n2)cc1. The second-order valence-corrected chi connectivity index (χ2v) is 8.94. The van der Waals surface area contributed by atoms with Gasteiger partial charge in [0, 0.05) is 12.1 Å². The van der Waals surface area contributed by atoms with Crippen molar-refractivity contribution in [3.05, 3.63) is 65.5 Å². The summed E-state index contributed by atoms with van der Waals surface area (Å²) in [6.07, 6.45) is 1.84. The average molecular weight is 449 g/mol. The molecule has 1 fully saturated rings. The highest BCUT2D eigenvalue weighted by Gasteiger charge is 2.27. The van der Waals surface area contributed by atoms with Crippen LogP contribution in [-0.2, 0) is 11.3 Å². The lowest BCUT2D eigenvalue weighted by molar-refractivity contribution is -0.127. The van der Waals surface area contributed by atoms with Crippen LogP contribution < -0.4 is 10.1 Å². The number of rotatable bonds is 8. The second-order valence-electron chi connectivity index (χ2n) is 8.94. The van der Waals surface area contributed by atoms with Gasteiger partial charge in [-0.3, -0.25) is 9.69 Å². The van der Waals surface area contributed by atoms with Gasteiger partial charge in [-0.1, -0.05) is 53.2 Å². The number of benzene rings is 2. The highest BCUT2D eigenvalue weighted by molar-refractivity contribution is 5.79. The number of carbonyl (C=O) groups excluding carboxylic acids is 1. The van der Waals surface area contributed by atoms with Crippen molar-refractivity contribution < 1.29 is 14.1 Å². The lowest BCUT2D eigenvalue weighted by Crippen LogP contribution is -2.46. The first kappa shape index (κ1) is 23.0. The average Bonchev–Trinajstić information content (AvgIpc) is 3.27. The van der Waals surface area contributed by atoms with E-state index in [-0.39, 0.29) is 17.9 Å². The zero-order chi connectivity index (χ0) is 23.2. The summed E-state index contributed by atoms with van der Waals surface area (Å²) in [6, 6.07) is 15.9. The van der Waals surface area contributed by atoms with E-state index in [1.54, 1.807) is 0 Å². The number of nitrogens with zero attached hydrogens (tertiary/aromatic N) is 3. The Morgan fingerprint density at radius 2 is 2.00 bits per heavy atom. The van der Waals surface area contributed by atoms with E-state index in [0.717, 1.165) is 36.3 Å². The van der Waals surface area contributed by atoms with Crippen LogP contribution in [0.4, 0.5) is 0 Å². The summed E-state index contributed by atoms with van der Waals surface area (Å²) < 4.78 is 11.4. The first-order valence-corrected chi connectivity index (χ1v) is 11.6. The van der Waals surface area contributed by atoms with Crippen LogP contribution in [0.2, 0.25) is 0 Å². The van der Waals surface area contributed by atoms with Crippen molar-refractivity contribution in [2.75, 3.05) is 19.7 Å². The van der Waals surface area contributed by atoms with Crippen LogP contribution in [0.1, 0.15) is 36.8 Å². The molecule has 0 radical (unpaired) electrons. The molecule has 3 aromatic rings. The quantitative estimate of drug-likeness (QED) is 0.558. The van der Waals surface area contributed by atoms with Crippen LogP contribution >= 0.6 is 0 Å². The van der Waals surface area contributed by atoms with Crippen molar-refractivity contribution in [3.63, 3.8) is 0 Å². The van der Waals surface area contributed by atoms with E-state index in [1.807, 2.05) is 69.3 Å². The van der Waals surface area contributed by atoms with Crippen LogP contribution in [0.25, 0.3) is 11.4 Å². The topological polar surface area (TPSA) is 80.5 Å². The van der Waals surface area contributed by atoms with Crippen molar-refractivity contribution in [2.24, 2.45) is 5.92 Å².